The summed E-state index contributed by atoms with van der Waals surface area (Å²) in [4.78, 5) is 20.2. The lowest BCUT2D eigenvalue weighted by Gasteiger charge is -2.20. The van der Waals surface area contributed by atoms with E-state index in [9.17, 15) is 26.4 Å². The van der Waals surface area contributed by atoms with E-state index < -0.39 is 38.7 Å². The number of hydrogen-bond acceptors (Lipinski definition) is 7. The number of halogens is 4. The van der Waals surface area contributed by atoms with Crippen LogP contribution in [0.25, 0.3) is 0 Å². The Balaban J connectivity index is 2.03. The number of carbonyl (C=O) groups excluding carboxylic acids is 1. The maximum Gasteiger partial charge on any atom is 0.416 e. The van der Waals surface area contributed by atoms with Crippen LogP contribution in [0.1, 0.15) is 39.0 Å². The van der Waals surface area contributed by atoms with E-state index in [1.165, 1.54) is 37.5 Å². The summed E-state index contributed by atoms with van der Waals surface area (Å²) in [6.45, 7) is 1.21. The van der Waals surface area contributed by atoms with Gasteiger partial charge in [-0.25, -0.2) is 13.4 Å². The van der Waals surface area contributed by atoms with Crippen molar-refractivity contribution in [2.45, 2.75) is 24.2 Å². The lowest BCUT2D eigenvalue weighted by Crippen LogP contribution is -2.31. The van der Waals surface area contributed by atoms with Crippen molar-refractivity contribution in [2.75, 3.05) is 12.8 Å². The average molecular weight is 515 g/mol. The van der Waals surface area contributed by atoms with Gasteiger partial charge in [0.2, 0.25) is 15.8 Å². The molecule has 1 unspecified atom stereocenters. The summed E-state index contributed by atoms with van der Waals surface area (Å²) in [5, 5.41) is 0.0664. The second-order valence-electron chi connectivity index (χ2n) is 7.10. The number of hydrogen-bond donors (Lipinski definition) is 2. The van der Waals surface area contributed by atoms with Gasteiger partial charge in [-0.15, -0.1) is 0 Å². The first kappa shape index (κ1) is 25.6. The zero-order valence-corrected chi connectivity index (χ0v) is 19.3. The number of aryl methyl sites for hydroxylation is 1. The van der Waals surface area contributed by atoms with Crippen molar-refractivity contribution in [3.63, 3.8) is 0 Å². The minimum atomic E-state index is -4.75. The molecule has 0 spiro atoms. The van der Waals surface area contributed by atoms with Gasteiger partial charge in [0, 0.05) is 30.6 Å². The highest BCUT2D eigenvalue weighted by Gasteiger charge is 2.34. The van der Waals surface area contributed by atoms with E-state index in [4.69, 9.17) is 22.1 Å². The largest absolute Gasteiger partial charge is 0.416 e. The number of sulfonamides is 1. The third-order valence-corrected chi connectivity index (χ3v) is 6.35. The first-order valence-corrected chi connectivity index (χ1v) is 11.3. The molecule has 2 heterocycles. The number of nitrogens with two attached hydrogens (primary N) is 1. The lowest BCUT2D eigenvalue weighted by molar-refractivity contribution is -0.138. The third kappa shape index (κ3) is 5.53. The van der Waals surface area contributed by atoms with Gasteiger partial charge < -0.3 is 10.5 Å². The molecule has 0 saturated heterocycles. The van der Waals surface area contributed by atoms with E-state index in [1.54, 1.807) is 0 Å². The summed E-state index contributed by atoms with van der Waals surface area (Å²) < 4.78 is 73.0. The summed E-state index contributed by atoms with van der Waals surface area (Å²) in [5.41, 5.74) is 4.25. The molecule has 0 radical (unpaired) electrons. The summed E-state index contributed by atoms with van der Waals surface area (Å²) >= 11 is 6.01. The van der Waals surface area contributed by atoms with E-state index in [-0.39, 0.29) is 33.2 Å². The standard InChI is InChI=1S/C21H18ClF3N4O4S/c1-11-3-4-14(9-16(11)21(23,24)25)34(31,32)29-20(33-2)15-8-13(22)10-28-18(15)19(30)12-5-6-27-17(26)7-12/h3-10,20,29H,1-2H3,(H2,26,27). The minimum Gasteiger partial charge on any atom is -0.384 e. The van der Waals surface area contributed by atoms with Crippen molar-refractivity contribution in [1.82, 2.24) is 14.7 Å². The Labute approximate surface area is 198 Å². The molecule has 0 aliphatic carbocycles. The topological polar surface area (TPSA) is 124 Å². The number of aromatic nitrogens is 2. The number of anilines is 1. The van der Waals surface area contributed by atoms with Crippen LogP contribution in [-0.4, -0.2) is 31.3 Å². The second kappa shape index (κ2) is 9.66. The summed E-state index contributed by atoms with van der Waals surface area (Å²) in [7, 11) is -3.39. The van der Waals surface area contributed by atoms with E-state index in [0.29, 0.717) is 6.07 Å². The van der Waals surface area contributed by atoms with Gasteiger partial charge in [-0.05, 0) is 42.8 Å². The van der Waals surface area contributed by atoms with E-state index >= 15 is 0 Å². The highest BCUT2D eigenvalue weighted by molar-refractivity contribution is 7.89. The predicted octanol–water partition coefficient (Wildman–Crippen LogP) is 3.89. The first-order valence-electron chi connectivity index (χ1n) is 9.48. The Morgan fingerprint density at radius 3 is 2.50 bits per heavy atom. The third-order valence-electron chi connectivity index (χ3n) is 4.75. The SMILES string of the molecule is COC(NS(=O)(=O)c1ccc(C)c(C(F)(F)F)c1)c1cc(Cl)cnc1C(=O)c1ccnc(N)c1. The quantitative estimate of drug-likeness (QED) is 0.362. The molecule has 1 aromatic carbocycles. The van der Waals surface area contributed by atoms with Gasteiger partial charge in [0.05, 0.1) is 15.5 Å². The van der Waals surface area contributed by atoms with Gasteiger partial charge in [-0.2, -0.15) is 17.9 Å². The summed E-state index contributed by atoms with van der Waals surface area (Å²) in [5.74, 6) is -0.554. The normalized spacial score (nSPS) is 13.0. The molecule has 0 fully saturated rings. The number of rotatable bonds is 7. The molecule has 13 heteroatoms. The van der Waals surface area contributed by atoms with Gasteiger partial charge in [-0.3, -0.25) is 9.78 Å². The molecule has 0 amide bonds. The number of nitrogens with zero attached hydrogens (tertiary/aromatic N) is 2. The maximum atomic E-state index is 13.3. The van der Waals surface area contributed by atoms with Crippen molar-refractivity contribution in [3.8, 4) is 0 Å². The molecule has 1 atom stereocenters. The molecule has 3 rings (SSSR count). The monoisotopic (exact) mass is 514 g/mol. The lowest BCUT2D eigenvalue weighted by atomic mass is 10.0. The molecular weight excluding hydrogens is 497 g/mol. The zero-order chi connectivity index (χ0) is 25.3. The predicted molar refractivity (Wildman–Crippen MR) is 118 cm³/mol. The molecule has 0 bridgehead atoms. The Kier molecular flexibility index (Phi) is 7.26. The van der Waals surface area contributed by atoms with E-state index in [2.05, 4.69) is 14.7 Å². The van der Waals surface area contributed by atoms with Crippen LogP contribution >= 0.6 is 11.6 Å². The van der Waals surface area contributed by atoms with Crippen LogP contribution < -0.4 is 10.5 Å². The molecule has 3 N–H and O–H groups in total. The highest BCUT2D eigenvalue weighted by Crippen LogP contribution is 2.33. The molecule has 8 nitrogen and oxygen atoms in total. The number of benzene rings is 1. The fourth-order valence-electron chi connectivity index (χ4n) is 3.09. The van der Waals surface area contributed by atoms with E-state index in [1.807, 2.05) is 0 Å². The molecule has 0 aliphatic heterocycles. The number of ether oxygens (including phenoxy) is 1. The number of alkyl halides is 3. The van der Waals surface area contributed by atoms with Crippen LogP contribution in [0, 0.1) is 6.92 Å². The molecule has 180 valence electrons. The minimum absolute atomic E-state index is 0.0536. The van der Waals surface area contributed by atoms with Crippen molar-refractivity contribution >= 4 is 33.2 Å². The number of carbonyl (C=O) groups is 1. The second-order valence-corrected chi connectivity index (χ2v) is 9.25. The van der Waals surface area contributed by atoms with Gasteiger partial charge in [0.15, 0.2) is 0 Å². The molecule has 34 heavy (non-hydrogen) atoms. The Morgan fingerprint density at radius 2 is 1.88 bits per heavy atom. The molecule has 0 aliphatic rings. The van der Waals surface area contributed by atoms with Gasteiger partial charge in [0.25, 0.3) is 0 Å². The van der Waals surface area contributed by atoms with Crippen molar-refractivity contribution in [2.24, 2.45) is 0 Å². The van der Waals surface area contributed by atoms with Gasteiger partial charge >= 0.3 is 6.18 Å². The summed E-state index contributed by atoms with van der Waals surface area (Å²) in [6, 6.07) is 6.55. The van der Waals surface area contributed by atoms with Crippen LogP contribution in [0.15, 0.2) is 53.7 Å². The van der Waals surface area contributed by atoms with Crippen LogP contribution in [-0.2, 0) is 20.9 Å². The highest BCUT2D eigenvalue weighted by atomic mass is 35.5. The smallest absolute Gasteiger partial charge is 0.384 e. The van der Waals surface area contributed by atoms with Crippen LogP contribution in [0.2, 0.25) is 5.02 Å². The number of methoxy groups -OCH3 is 1. The van der Waals surface area contributed by atoms with Crippen LogP contribution in [0.4, 0.5) is 19.0 Å². The number of nitrogens with one attached hydrogen (secondary N) is 1. The summed E-state index contributed by atoms with van der Waals surface area (Å²) in [6.07, 6.45) is -3.77. The van der Waals surface area contributed by atoms with Crippen LogP contribution in [0.3, 0.4) is 0 Å². The molecular formula is C21H18ClF3N4O4S. The first-order chi connectivity index (χ1) is 15.8. The van der Waals surface area contributed by atoms with Crippen molar-refractivity contribution in [3.05, 3.63) is 81.8 Å². The Morgan fingerprint density at radius 1 is 1.18 bits per heavy atom. The fraction of sp³-hybridized carbons (Fsp3) is 0.190. The fourth-order valence-corrected chi connectivity index (χ4v) is 4.42. The van der Waals surface area contributed by atoms with Crippen molar-refractivity contribution < 1.29 is 31.1 Å². The Bertz CT molecular complexity index is 1350. The number of ketones is 1. The van der Waals surface area contributed by atoms with Gasteiger partial charge in [-0.1, -0.05) is 17.7 Å². The molecule has 2 aromatic heterocycles. The molecule has 0 saturated carbocycles. The number of pyridine rings is 2. The Hall–Kier alpha value is -3.06. The maximum absolute atomic E-state index is 13.3. The van der Waals surface area contributed by atoms with E-state index in [0.717, 1.165) is 19.2 Å². The van der Waals surface area contributed by atoms with Gasteiger partial charge in [0.1, 0.15) is 17.7 Å². The number of nitrogen functional groups attached to an aromatic ring is 1. The molecule has 3 aromatic rings. The van der Waals surface area contributed by atoms with Crippen molar-refractivity contribution in [1.29, 1.82) is 0 Å². The van der Waals surface area contributed by atoms with Crippen LogP contribution in [0.5, 0.6) is 0 Å². The zero-order valence-electron chi connectivity index (χ0n) is 17.7. The average Bonchev–Trinajstić information content (AvgIpc) is 2.76.